The van der Waals surface area contributed by atoms with Gasteiger partial charge in [0.1, 0.15) is 5.75 Å². The Labute approximate surface area is 137 Å². The first-order chi connectivity index (χ1) is 11.1. The molecule has 1 aromatic carbocycles. The van der Waals surface area contributed by atoms with Crippen LogP contribution in [0.3, 0.4) is 0 Å². The van der Waals surface area contributed by atoms with Crippen molar-refractivity contribution in [2.45, 2.75) is 17.7 Å². The number of hydrogen-bond donors (Lipinski definition) is 3. The van der Waals surface area contributed by atoms with Gasteiger partial charge in [-0.05, 0) is 44.3 Å². The molecule has 0 aromatic heterocycles. The fourth-order valence-electron chi connectivity index (χ4n) is 1.62. The molecule has 3 N–H and O–H groups in total. The number of ether oxygens (including phenoxy) is 1. The normalized spacial score (nSPS) is 12.0. The highest BCUT2D eigenvalue weighted by atomic mass is 32.2. The second-order valence-electron chi connectivity index (χ2n) is 4.65. The van der Waals surface area contributed by atoms with E-state index in [-0.39, 0.29) is 4.90 Å². The number of sulfonamides is 1. The van der Waals surface area contributed by atoms with Gasteiger partial charge in [0.25, 0.3) is 0 Å². The second-order valence-corrected chi connectivity index (χ2v) is 6.42. The maximum absolute atomic E-state index is 12.0. The van der Waals surface area contributed by atoms with Gasteiger partial charge >= 0.3 is 6.36 Å². The van der Waals surface area contributed by atoms with E-state index >= 15 is 0 Å². The van der Waals surface area contributed by atoms with Crippen LogP contribution in [-0.2, 0) is 14.8 Å². The molecule has 0 radical (unpaired) electrons. The first-order valence-electron chi connectivity index (χ1n) is 6.91. The van der Waals surface area contributed by atoms with E-state index in [1.807, 2.05) is 0 Å². The summed E-state index contributed by atoms with van der Waals surface area (Å²) < 4.78 is 65.7. The molecule has 136 valence electrons. The molecule has 0 saturated heterocycles. The van der Waals surface area contributed by atoms with Gasteiger partial charge in [0.05, 0.1) is 11.4 Å². The molecule has 24 heavy (non-hydrogen) atoms. The van der Waals surface area contributed by atoms with Crippen molar-refractivity contribution >= 4 is 15.9 Å². The molecule has 0 aliphatic heterocycles. The van der Waals surface area contributed by atoms with E-state index in [4.69, 9.17) is 0 Å². The molecule has 0 spiro atoms. The molecule has 0 fully saturated rings. The van der Waals surface area contributed by atoms with Crippen molar-refractivity contribution in [3.63, 3.8) is 0 Å². The molecule has 0 aliphatic carbocycles. The minimum absolute atomic E-state index is 0.278. The summed E-state index contributed by atoms with van der Waals surface area (Å²) in [5.74, 6) is -1.05. The molecular formula is C13H18F3N3O4S. The van der Waals surface area contributed by atoms with Crippen molar-refractivity contribution in [1.82, 2.24) is 15.4 Å². The van der Waals surface area contributed by atoms with E-state index in [0.717, 1.165) is 24.3 Å². The smallest absolute Gasteiger partial charge is 0.406 e. The number of nitrogens with one attached hydrogen (secondary N) is 3. The lowest BCUT2D eigenvalue weighted by Gasteiger charge is -2.10. The standard InChI is InChI=1S/C13H18F3N3O4S/c1-17-7-2-8-18-12(20)9-19-24(21,22)11-5-3-10(4-6-11)23-13(14,15)16/h3-6,17,19H,2,7-9H2,1H3,(H,18,20). The molecule has 1 rings (SSSR count). The number of benzene rings is 1. The average Bonchev–Trinajstić information content (AvgIpc) is 2.49. The third-order valence-electron chi connectivity index (χ3n) is 2.72. The minimum Gasteiger partial charge on any atom is -0.406 e. The van der Waals surface area contributed by atoms with E-state index in [2.05, 4.69) is 20.1 Å². The maximum Gasteiger partial charge on any atom is 0.573 e. The number of carbonyl (C=O) groups is 1. The Bertz CT molecular complexity index is 633. The van der Waals surface area contributed by atoms with Crippen molar-refractivity contribution in [2.24, 2.45) is 0 Å². The first kappa shape index (κ1) is 20.2. The lowest BCUT2D eigenvalue weighted by atomic mass is 10.3. The van der Waals surface area contributed by atoms with Crippen LogP contribution in [0.4, 0.5) is 13.2 Å². The quantitative estimate of drug-likeness (QED) is 0.554. The second kappa shape index (κ2) is 8.85. The van der Waals surface area contributed by atoms with Crippen LogP contribution >= 0.6 is 0 Å². The van der Waals surface area contributed by atoms with Crippen LogP contribution in [-0.4, -0.2) is 47.4 Å². The van der Waals surface area contributed by atoms with Crippen LogP contribution in [0.25, 0.3) is 0 Å². The molecule has 1 aromatic rings. The van der Waals surface area contributed by atoms with Gasteiger partial charge in [-0.15, -0.1) is 13.2 Å². The van der Waals surface area contributed by atoms with Crippen molar-refractivity contribution in [2.75, 3.05) is 26.7 Å². The summed E-state index contributed by atoms with van der Waals surface area (Å²) in [5.41, 5.74) is 0. The highest BCUT2D eigenvalue weighted by Gasteiger charge is 2.31. The first-order valence-corrected chi connectivity index (χ1v) is 8.39. The van der Waals surface area contributed by atoms with Gasteiger partial charge in [-0.1, -0.05) is 0 Å². The molecule has 0 heterocycles. The summed E-state index contributed by atoms with van der Waals surface area (Å²) in [4.78, 5) is 11.2. The zero-order chi connectivity index (χ0) is 18.2. The largest absolute Gasteiger partial charge is 0.573 e. The summed E-state index contributed by atoms with van der Waals surface area (Å²) in [5, 5.41) is 5.42. The minimum atomic E-state index is -4.86. The van der Waals surface area contributed by atoms with Gasteiger partial charge in [0, 0.05) is 6.54 Å². The van der Waals surface area contributed by atoms with Gasteiger partial charge in [-0.25, -0.2) is 13.1 Å². The van der Waals surface area contributed by atoms with Gasteiger partial charge < -0.3 is 15.4 Å². The summed E-state index contributed by atoms with van der Waals surface area (Å²) >= 11 is 0. The fraction of sp³-hybridized carbons (Fsp3) is 0.462. The van der Waals surface area contributed by atoms with Gasteiger partial charge in [0.15, 0.2) is 0 Å². The molecule has 0 unspecified atom stereocenters. The SMILES string of the molecule is CNCCCNC(=O)CNS(=O)(=O)c1ccc(OC(F)(F)F)cc1. The Morgan fingerprint density at radius 3 is 2.33 bits per heavy atom. The van der Waals surface area contributed by atoms with Crippen LogP contribution in [0.2, 0.25) is 0 Å². The van der Waals surface area contributed by atoms with E-state index < -0.39 is 34.6 Å². The average molecular weight is 369 g/mol. The molecular weight excluding hydrogens is 351 g/mol. The summed E-state index contributed by atoms with van der Waals surface area (Å²) in [7, 11) is -2.25. The number of rotatable bonds is 9. The Hall–Kier alpha value is -1.85. The third-order valence-corrected chi connectivity index (χ3v) is 4.13. The number of carbonyl (C=O) groups excluding carboxylic acids is 1. The Morgan fingerprint density at radius 2 is 1.79 bits per heavy atom. The zero-order valence-electron chi connectivity index (χ0n) is 12.8. The molecule has 0 bridgehead atoms. The predicted octanol–water partition coefficient (Wildman–Crippen LogP) is 0.589. The summed E-state index contributed by atoms with van der Waals surface area (Å²) in [6, 6.07) is 3.65. The lowest BCUT2D eigenvalue weighted by molar-refractivity contribution is -0.274. The van der Waals surface area contributed by atoms with E-state index in [9.17, 15) is 26.4 Å². The fourth-order valence-corrected chi connectivity index (χ4v) is 2.60. The van der Waals surface area contributed by atoms with Crippen molar-refractivity contribution in [1.29, 1.82) is 0 Å². The number of hydrogen-bond acceptors (Lipinski definition) is 5. The van der Waals surface area contributed by atoms with Crippen molar-refractivity contribution < 1.29 is 31.1 Å². The van der Waals surface area contributed by atoms with E-state index in [1.54, 1.807) is 7.05 Å². The Kier molecular flexibility index (Phi) is 7.45. The lowest BCUT2D eigenvalue weighted by Crippen LogP contribution is -2.37. The van der Waals surface area contributed by atoms with Gasteiger partial charge in [-0.2, -0.15) is 0 Å². The van der Waals surface area contributed by atoms with Gasteiger partial charge in [0.2, 0.25) is 15.9 Å². The van der Waals surface area contributed by atoms with E-state index in [1.165, 1.54) is 0 Å². The molecule has 0 atom stereocenters. The van der Waals surface area contributed by atoms with Crippen LogP contribution in [0.15, 0.2) is 29.2 Å². The highest BCUT2D eigenvalue weighted by Crippen LogP contribution is 2.23. The molecule has 1 amide bonds. The van der Waals surface area contributed by atoms with Crippen LogP contribution in [0.5, 0.6) is 5.75 Å². The van der Waals surface area contributed by atoms with E-state index in [0.29, 0.717) is 19.5 Å². The highest BCUT2D eigenvalue weighted by molar-refractivity contribution is 7.89. The predicted molar refractivity (Wildman–Crippen MR) is 79.9 cm³/mol. The number of alkyl halides is 3. The Morgan fingerprint density at radius 1 is 1.17 bits per heavy atom. The summed E-state index contributed by atoms with van der Waals surface area (Å²) in [6.45, 7) is 0.631. The molecule has 0 aliphatic rings. The number of halogens is 3. The Balaban J connectivity index is 2.54. The van der Waals surface area contributed by atoms with Gasteiger partial charge in [-0.3, -0.25) is 4.79 Å². The molecule has 0 saturated carbocycles. The number of amides is 1. The maximum atomic E-state index is 12.0. The van der Waals surface area contributed by atoms with Crippen molar-refractivity contribution in [3.05, 3.63) is 24.3 Å². The molecule has 7 nitrogen and oxygen atoms in total. The van der Waals surface area contributed by atoms with Crippen LogP contribution in [0.1, 0.15) is 6.42 Å². The van der Waals surface area contributed by atoms with Crippen molar-refractivity contribution in [3.8, 4) is 5.75 Å². The third kappa shape index (κ3) is 7.62. The monoisotopic (exact) mass is 369 g/mol. The topological polar surface area (TPSA) is 96.5 Å². The summed E-state index contributed by atoms with van der Waals surface area (Å²) in [6.07, 6.45) is -4.17. The van der Waals surface area contributed by atoms with Crippen LogP contribution < -0.4 is 20.1 Å². The molecule has 11 heteroatoms. The van der Waals surface area contributed by atoms with Crippen LogP contribution in [0, 0.1) is 0 Å². The zero-order valence-corrected chi connectivity index (χ0v) is 13.6.